The number of allylic oxidation sites excluding steroid dienone is 1. The summed E-state index contributed by atoms with van der Waals surface area (Å²) in [5.74, 6) is -0.600. The summed E-state index contributed by atoms with van der Waals surface area (Å²) in [7, 11) is 0. The van der Waals surface area contributed by atoms with Gasteiger partial charge in [-0.2, -0.15) is 0 Å². The molecule has 0 spiro atoms. The molecule has 0 saturated carbocycles. The Hall–Kier alpha value is -1.45. The second-order valence-corrected chi connectivity index (χ2v) is 1.12. The SMILES string of the molecule is O=CC=CC(=O)NC=O. The van der Waals surface area contributed by atoms with Crippen LogP contribution < -0.4 is 5.32 Å². The van der Waals surface area contributed by atoms with Crippen LogP contribution in [0.5, 0.6) is 0 Å². The molecule has 9 heavy (non-hydrogen) atoms. The lowest BCUT2D eigenvalue weighted by atomic mass is 10.5. The first-order chi connectivity index (χ1) is 4.31. The molecule has 0 aliphatic rings. The van der Waals surface area contributed by atoms with Crippen LogP contribution in [0.3, 0.4) is 0 Å². The van der Waals surface area contributed by atoms with Gasteiger partial charge in [-0.1, -0.05) is 0 Å². The molecule has 0 rings (SSSR count). The van der Waals surface area contributed by atoms with E-state index in [0.29, 0.717) is 6.29 Å². The van der Waals surface area contributed by atoms with Gasteiger partial charge < -0.3 is 0 Å². The molecule has 48 valence electrons. The Balaban J connectivity index is 3.61. The second kappa shape index (κ2) is 4.70. The summed E-state index contributed by atoms with van der Waals surface area (Å²) in [5.41, 5.74) is 0. The predicted octanol–water partition coefficient (Wildman–Crippen LogP) is -0.986. The molecule has 0 saturated heterocycles. The Labute approximate surface area is 51.5 Å². The van der Waals surface area contributed by atoms with Crippen molar-refractivity contribution >= 4 is 18.6 Å². The number of hydrogen-bond acceptors (Lipinski definition) is 3. The minimum Gasteiger partial charge on any atom is -0.299 e. The molecule has 0 aromatic rings. The van der Waals surface area contributed by atoms with Crippen molar-refractivity contribution in [3.8, 4) is 0 Å². The van der Waals surface area contributed by atoms with E-state index in [1.807, 2.05) is 5.32 Å². The molecule has 0 atom stereocenters. The fourth-order valence-electron chi connectivity index (χ4n) is 0.233. The number of carbonyl (C=O) groups is 3. The lowest BCUT2D eigenvalue weighted by molar-refractivity contribution is -0.121. The highest BCUT2D eigenvalue weighted by Gasteiger charge is 1.87. The van der Waals surface area contributed by atoms with Crippen molar-refractivity contribution in [2.45, 2.75) is 0 Å². The van der Waals surface area contributed by atoms with E-state index in [9.17, 15) is 14.4 Å². The Bertz CT molecular complexity index is 150. The van der Waals surface area contributed by atoms with E-state index in [0.717, 1.165) is 12.2 Å². The summed E-state index contributed by atoms with van der Waals surface area (Å²) in [6.45, 7) is 0. The van der Waals surface area contributed by atoms with Crippen molar-refractivity contribution < 1.29 is 14.4 Å². The normalized spacial score (nSPS) is 8.89. The van der Waals surface area contributed by atoms with Gasteiger partial charge in [0.15, 0.2) is 0 Å². The predicted molar refractivity (Wildman–Crippen MR) is 29.4 cm³/mol. The standard InChI is InChI=1S/C5H5NO3/c7-3-1-2-5(9)6-4-8/h1-4H,(H,6,8,9). The molecule has 2 amide bonds. The lowest BCUT2D eigenvalue weighted by Crippen LogP contribution is -2.18. The van der Waals surface area contributed by atoms with Gasteiger partial charge in [0, 0.05) is 6.08 Å². The third-order valence-electron chi connectivity index (χ3n) is 0.527. The van der Waals surface area contributed by atoms with Crippen molar-refractivity contribution in [2.75, 3.05) is 0 Å². The van der Waals surface area contributed by atoms with Crippen LogP contribution in [-0.2, 0) is 14.4 Å². The van der Waals surface area contributed by atoms with Gasteiger partial charge in [-0.05, 0) is 6.08 Å². The second-order valence-electron chi connectivity index (χ2n) is 1.12. The highest BCUT2D eigenvalue weighted by Crippen LogP contribution is 1.65. The minimum atomic E-state index is -0.600. The highest BCUT2D eigenvalue weighted by molar-refractivity contribution is 5.96. The van der Waals surface area contributed by atoms with Crippen molar-refractivity contribution in [1.82, 2.24) is 5.32 Å². The zero-order valence-corrected chi connectivity index (χ0v) is 4.53. The fraction of sp³-hybridized carbons (Fsp3) is 0. The van der Waals surface area contributed by atoms with Crippen LogP contribution in [0, 0.1) is 0 Å². The van der Waals surface area contributed by atoms with E-state index >= 15 is 0 Å². The van der Waals surface area contributed by atoms with Crippen LogP contribution >= 0.6 is 0 Å². The third kappa shape index (κ3) is 4.40. The zero-order valence-electron chi connectivity index (χ0n) is 4.53. The number of carbonyl (C=O) groups excluding carboxylic acids is 3. The number of amides is 2. The molecule has 4 nitrogen and oxygen atoms in total. The first-order valence-corrected chi connectivity index (χ1v) is 2.17. The van der Waals surface area contributed by atoms with Gasteiger partial charge in [0.25, 0.3) is 0 Å². The number of aldehydes is 1. The Morgan fingerprint density at radius 1 is 1.33 bits per heavy atom. The van der Waals surface area contributed by atoms with Crippen molar-refractivity contribution in [3.63, 3.8) is 0 Å². The lowest BCUT2D eigenvalue weighted by Gasteiger charge is -1.83. The molecule has 1 N–H and O–H groups in total. The largest absolute Gasteiger partial charge is 0.299 e. The summed E-state index contributed by atoms with van der Waals surface area (Å²) in [5, 5.41) is 1.82. The molecule has 0 aromatic heterocycles. The first-order valence-electron chi connectivity index (χ1n) is 2.17. The van der Waals surface area contributed by atoms with Gasteiger partial charge in [-0.25, -0.2) is 0 Å². The van der Waals surface area contributed by atoms with E-state index < -0.39 is 5.91 Å². The summed E-state index contributed by atoms with van der Waals surface area (Å²) < 4.78 is 0. The molecular weight excluding hydrogens is 122 g/mol. The topological polar surface area (TPSA) is 63.2 Å². The van der Waals surface area contributed by atoms with Gasteiger partial charge in [-0.3, -0.25) is 19.7 Å². The Morgan fingerprint density at radius 3 is 2.44 bits per heavy atom. The minimum absolute atomic E-state index is 0.247. The van der Waals surface area contributed by atoms with Gasteiger partial charge in [0.1, 0.15) is 6.29 Å². The molecule has 4 heteroatoms. The monoisotopic (exact) mass is 127 g/mol. The molecule has 0 fully saturated rings. The summed E-state index contributed by atoms with van der Waals surface area (Å²) in [4.78, 5) is 29.3. The fourth-order valence-corrected chi connectivity index (χ4v) is 0.233. The summed E-state index contributed by atoms with van der Waals surface area (Å²) >= 11 is 0. The molecule has 0 aliphatic carbocycles. The van der Waals surface area contributed by atoms with Gasteiger partial charge >= 0.3 is 0 Å². The number of nitrogens with one attached hydrogen (secondary N) is 1. The molecule has 0 bridgehead atoms. The van der Waals surface area contributed by atoms with Crippen molar-refractivity contribution in [3.05, 3.63) is 12.2 Å². The van der Waals surface area contributed by atoms with E-state index in [-0.39, 0.29) is 6.41 Å². The summed E-state index contributed by atoms with van der Waals surface area (Å²) in [6.07, 6.45) is 2.65. The third-order valence-corrected chi connectivity index (χ3v) is 0.527. The van der Waals surface area contributed by atoms with E-state index in [4.69, 9.17) is 0 Å². The van der Waals surface area contributed by atoms with Gasteiger partial charge in [0.05, 0.1) is 0 Å². The van der Waals surface area contributed by atoms with Crippen LogP contribution in [0.2, 0.25) is 0 Å². The van der Waals surface area contributed by atoms with Crippen LogP contribution in [-0.4, -0.2) is 18.6 Å². The molecule has 0 heterocycles. The maximum Gasteiger partial charge on any atom is 0.250 e. The van der Waals surface area contributed by atoms with Crippen molar-refractivity contribution in [1.29, 1.82) is 0 Å². The molecule has 0 aromatic carbocycles. The number of imide groups is 1. The molecule has 0 unspecified atom stereocenters. The van der Waals surface area contributed by atoms with Crippen LogP contribution in [0.1, 0.15) is 0 Å². The van der Waals surface area contributed by atoms with Crippen LogP contribution in [0.25, 0.3) is 0 Å². The summed E-state index contributed by atoms with van der Waals surface area (Å²) in [6, 6.07) is 0. The van der Waals surface area contributed by atoms with Crippen LogP contribution in [0.15, 0.2) is 12.2 Å². The smallest absolute Gasteiger partial charge is 0.250 e. The Kier molecular flexibility index (Phi) is 3.95. The Morgan fingerprint density at radius 2 is 2.00 bits per heavy atom. The highest BCUT2D eigenvalue weighted by atomic mass is 16.2. The quantitative estimate of drug-likeness (QED) is 0.391. The van der Waals surface area contributed by atoms with Crippen molar-refractivity contribution in [2.24, 2.45) is 0 Å². The average molecular weight is 127 g/mol. The molecular formula is C5H5NO3. The molecule has 0 radical (unpaired) electrons. The van der Waals surface area contributed by atoms with Gasteiger partial charge in [-0.15, -0.1) is 0 Å². The van der Waals surface area contributed by atoms with E-state index in [1.54, 1.807) is 0 Å². The number of hydrogen-bond donors (Lipinski definition) is 1. The maximum atomic E-state index is 10.2. The average Bonchev–Trinajstić information content (AvgIpc) is 1.85. The zero-order chi connectivity index (χ0) is 7.11. The van der Waals surface area contributed by atoms with E-state index in [2.05, 4.69) is 0 Å². The maximum absolute atomic E-state index is 10.2. The van der Waals surface area contributed by atoms with E-state index in [1.165, 1.54) is 0 Å². The first kappa shape index (κ1) is 7.55. The number of rotatable bonds is 3. The van der Waals surface area contributed by atoms with Gasteiger partial charge in [0.2, 0.25) is 12.3 Å². The van der Waals surface area contributed by atoms with Crippen LogP contribution in [0.4, 0.5) is 0 Å². The molecule has 0 aliphatic heterocycles.